The third-order valence-corrected chi connectivity index (χ3v) is 6.78. The van der Waals surface area contributed by atoms with Crippen molar-refractivity contribution in [1.82, 2.24) is 5.32 Å². The molecule has 38 heavy (non-hydrogen) atoms. The van der Waals surface area contributed by atoms with Gasteiger partial charge in [-0.05, 0) is 43.0 Å². The minimum absolute atomic E-state index is 0.366. The highest BCUT2D eigenvalue weighted by Crippen LogP contribution is 2.20. The lowest BCUT2D eigenvalue weighted by molar-refractivity contribution is -0.158. The van der Waals surface area contributed by atoms with Gasteiger partial charge in [0.05, 0.1) is 6.04 Å². The van der Waals surface area contributed by atoms with Gasteiger partial charge in [-0.25, -0.2) is 4.79 Å². The number of carbonyl (C=O) groups is 2. The van der Waals surface area contributed by atoms with Crippen LogP contribution in [0.2, 0.25) is 0 Å². The highest BCUT2D eigenvalue weighted by Gasteiger charge is 2.31. The van der Waals surface area contributed by atoms with Crippen molar-refractivity contribution in [2.24, 2.45) is 0 Å². The maximum atomic E-state index is 12.9. The van der Waals surface area contributed by atoms with Gasteiger partial charge in [-0.3, -0.25) is 4.79 Å². The molecule has 2 rings (SSSR count). The van der Waals surface area contributed by atoms with Crippen LogP contribution in [-0.4, -0.2) is 29.2 Å². The molecule has 2 aromatic carbocycles. The summed E-state index contributed by atoms with van der Waals surface area (Å²) in [6.07, 6.45) is 16.6. The summed E-state index contributed by atoms with van der Waals surface area (Å²) in [5, 5.41) is 13.7. The van der Waals surface area contributed by atoms with Crippen LogP contribution >= 0.6 is 0 Å². The lowest BCUT2D eigenvalue weighted by Crippen LogP contribution is -2.42. The van der Waals surface area contributed by atoms with Gasteiger partial charge in [0.25, 0.3) is 5.91 Å². The molecule has 5 nitrogen and oxygen atoms in total. The van der Waals surface area contributed by atoms with Crippen molar-refractivity contribution in [1.29, 1.82) is 0 Å². The maximum Gasteiger partial charge on any atom is 0.338 e. The molecule has 208 valence electrons. The number of aliphatic hydroxyl groups is 1. The Balaban J connectivity index is 1.81. The largest absolute Gasteiger partial charge is 0.456 e. The van der Waals surface area contributed by atoms with Gasteiger partial charge in [0.2, 0.25) is 0 Å². The summed E-state index contributed by atoms with van der Waals surface area (Å²) in [4.78, 5) is 25.7. The molecule has 0 heterocycles. The van der Waals surface area contributed by atoms with E-state index in [1.54, 1.807) is 48.5 Å². The van der Waals surface area contributed by atoms with Gasteiger partial charge in [-0.15, -0.1) is 0 Å². The number of ether oxygens (including phenoxy) is 1. The van der Waals surface area contributed by atoms with E-state index < -0.39 is 24.2 Å². The zero-order chi connectivity index (χ0) is 27.4. The van der Waals surface area contributed by atoms with Crippen LogP contribution < -0.4 is 5.32 Å². The highest BCUT2D eigenvalue weighted by atomic mass is 16.6. The Hall–Kier alpha value is -2.92. The van der Waals surface area contributed by atoms with E-state index in [1.165, 1.54) is 57.8 Å². The fourth-order valence-corrected chi connectivity index (χ4v) is 4.43. The summed E-state index contributed by atoms with van der Waals surface area (Å²) >= 11 is 0. The SMILES string of the molecule is CCCCCCCCCCCCC=CC(CC)OC(=O)[C@H](O)[C@@H](NC(=O)c1ccccc1)c1ccccc1. The quantitative estimate of drug-likeness (QED) is 0.113. The molecule has 0 aliphatic carbocycles. The molecule has 3 atom stereocenters. The van der Waals surface area contributed by atoms with E-state index in [9.17, 15) is 14.7 Å². The number of hydrogen-bond acceptors (Lipinski definition) is 4. The molecule has 0 fully saturated rings. The number of esters is 1. The molecule has 2 aromatic rings. The molecule has 1 amide bonds. The molecule has 5 heteroatoms. The van der Waals surface area contributed by atoms with Crippen molar-refractivity contribution in [3.8, 4) is 0 Å². The number of aliphatic hydroxyl groups excluding tert-OH is 1. The van der Waals surface area contributed by atoms with E-state index in [0.717, 1.165) is 12.8 Å². The van der Waals surface area contributed by atoms with Crippen LogP contribution in [0.4, 0.5) is 0 Å². The smallest absolute Gasteiger partial charge is 0.338 e. The monoisotopic (exact) mass is 521 g/mol. The van der Waals surface area contributed by atoms with Crippen molar-refractivity contribution >= 4 is 11.9 Å². The number of carbonyl (C=O) groups excluding carboxylic acids is 2. The maximum absolute atomic E-state index is 12.9. The summed E-state index contributed by atoms with van der Waals surface area (Å²) < 4.78 is 5.62. The van der Waals surface area contributed by atoms with Crippen LogP contribution in [0, 0.1) is 0 Å². The molecule has 1 unspecified atom stereocenters. The number of nitrogens with one attached hydrogen (secondary N) is 1. The summed E-state index contributed by atoms with van der Waals surface area (Å²) in [5.41, 5.74) is 1.08. The Labute approximate surface area is 229 Å². The third-order valence-electron chi connectivity index (χ3n) is 6.78. The van der Waals surface area contributed by atoms with Crippen molar-refractivity contribution in [2.75, 3.05) is 0 Å². The molecule has 2 N–H and O–H groups in total. The number of hydrogen-bond donors (Lipinski definition) is 2. The average Bonchev–Trinajstić information content (AvgIpc) is 2.96. The second-order valence-corrected chi connectivity index (χ2v) is 9.96. The summed E-state index contributed by atoms with van der Waals surface area (Å²) in [6.45, 7) is 4.20. The first kappa shape index (κ1) is 31.3. The predicted molar refractivity (Wildman–Crippen MR) is 155 cm³/mol. The predicted octanol–water partition coefficient (Wildman–Crippen LogP) is 7.71. The number of unbranched alkanes of at least 4 members (excludes halogenated alkanes) is 10. The standard InChI is InChI=1S/C33H47NO4/c1-3-5-6-7-8-9-10-11-12-13-14-21-26-29(4-2)38-33(37)31(35)30(27-22-17-15-18-23-27)34-32(36)28-24-19-16-20-25-28/h15-26,29-31,35H,3-14H2,1-2H3,(H,34,36)/t29?,30-,31+/m0/s1. The minimum atomic E-state index is -1.53. The van der Waals surface area contributed by atoms with Gasteiger partial charge >= 0.3 is 5.97 Å². The first-order valence-corrected chi connectivity index (χ1v) is 14.5. The molecule has 0 radical (unpaired) electrons. The molecule has 0 saturated carbocycles. The fourth-order valence-electron chi connectivity index (χ4n) is 4.43. The van der Waals surface area contributed by atoms with Crippen LogP contribution in [0.5, 0.6) is 0 Å². The Bertz CT molecular complexity index is 929. The van der Waals surface area contributed by atoms with Crippen molar-refractivity contribution in [3.63, 3.8) is 0 Å². The average molecular weight is 522 g/mol. The van der Waals surface area contributed by atoms with Gasteiger partial charge in [0.1, 0.15) is 6.10 Å². The van der Waals surface area contributed by atoms with Gasteiger partial charge in [0.15, 0.2) is 6.10 Å². The number of rotatable bonds is 19. The highest BCUT2D eigenvalue weighted by molar-refractivity contribution is 5.94. The third kappa shape index (κ3) is 12.1. The van der Waals surface area contributed by atoms with Crippen LogP contribution in [0.1, 0.15) is 113 Å². The zero-order valence-electron chi connectivity index (χ0n) is 23.3. The lowest BCUT2D eigenvalue weighted by Gasteiger charge is -2.25. The molecule has 0 saturated heterocycles. The molecular weight excluding hydrogens is 474 g/mol. The Morgan fingerprint density at radius 3 is 1.95 bits per heavy atom. The first-order chi connectivity index (χ1) is 18.6. The van der Waals surface area contributed by atoms with Gasteiger partial charge in [0, 0.05) is 5.56 Å². The summed E-state index contributed by atoms with van der Waals surface area (Å²) in [7, 11) is 0. The number of benzene rings is 2. The van der Waals surface area contributed by atoms with E-state index in [0.29, 0.717) is 17.5 Å². The second kappa shape index (κ2) is 19.2. The van der Waals surface area contributed by atoms with Crippen molar-refractivity contribution < 1.29 is 19.4 Å². The molecule has 0 aromatic heterocycles. The van der Waals surface area contributed by atoms with E-state index in [2.05, 4.69) is 18.3 Å². The van der Waals surface area contributed by atoms with Gasteiger partial charge in [-0.1, -0.05) is 126 Å². The fraction of sp³-hybridized carbons (Fsp3) is 0.515. The first-order valence-electron chi connectivity index (χ1n) is 14.5. The summed E-state index contributed by atoms with van der Waals surface area (Å²) in [6, 6.07) is 16.8. The Kier molecular flexibility index (Phi) is 15.8. The molecular formula is C33H47NO4. The van der Waals surface area contributed by atoms with Crippen molar-refractivity contribution in [3.05, 3.63) is 83.9 Å². The summed E-state index contributed by atoms with van der Waals surface area (Å²) in [5.74, 6) is -1.11. The second-order valence-electron chi connectivity index (χ2n) is 9.96. The molecule has 0 spiro atoms. The number of allylic oxidation sites excluding steroid dienone is 1. The number of amides is 1. The lowest BCUT2D eigenvalue weighted by atomic mass is 10.0. The van der Waals surface area contributed by atoms with E-state index in [4.69, 9.17) is 4.74 Å². The Morgan fingerprint density at radius 1 is 0.816 bits per heavy atom. The van der Waals surface area contributed by atoms with E-state index in [-0.39, 0.29) is 5.91 Å². The van der Waals surface area contributed by atoms with E-state index in [1.807, 2.05) is 25.1 Å². The van der Waals surface area contributed by atoms with E-state index >= 15 is 0 Å². The van der Waals surface area contributed by atoms with Gasteiger partial charge < -0.3 is 15.2 Å². The minimum Gasteiger partial charge on any atom is -0.456 e. The topological polar surface area (TPSA) is 75.6 Å². The molecule has 0 aliphatic heterocycles. The Morgan fingerprint density at radius 2 is 1.37 bits per heavy atom. The van der Waals surface area contributed by atoms with Crippen LogP contribution in [0.3, 0.4) is 0 Å². The van der Waals surface area contributed by atoms with Gasteiger partial charge in [-0.2, -0.15) is 0 Å². The molecule has 0 aliphatic rings. The normalized spacial score (nSPS) is 13.7. The molecule has 0 bridgehead atoms. The van der Waals surface area contributed by atoms with Crippen LogP contribution in [-0.2, 0) is 9.53 Å². The van der Waals surface area contributed by atoms with Crippen LogP contribution in [0.15, 0.2) is 72.8 Å². The van der Waals surface area contributed by atoms with Crippen LogP contribution in [0.25, 0.3) is 0 Å². The zero-order valence-corrected chi connectivity index (χ0v) is 23.3. The van der Waals surface area contributed by atoms with Crippen molar-refractivity contribution in [2.45, 2.75) is 109 Å².